The molecule has 0 radical (unpaired) electrons. The summed E-state index contributed by atoms with van der Waals surface area (Å²) in [4.78, 5) is 47.4. The molecule has 2 aliphatic heterocycles. The number of nitrogens with one attached hydrogen (secondary N) is 6. The predicted molar refractivity (Wildman–Crippen MR) is 317 cm³/mol. The number of urea groups is 2. The van der Waals surface area contributed by atoms with E-state index in [1.807, 2.05) is 48.5 Å². The maximum absolute atomic E-state index is 12.2. The highest BCUT2D eigenvalue weighted by atomic mass is 35.5. The van der Waals surface area contributed by atoms with E-state index < -0.39 is 0 Å². The van der Waals surface area contributed by atoms with Crippen molar-refractivity contribution in [1.29, 1.82) is 0 Å². The van der Waals surface area contributed by atoms with E-state index in [0.717, 1.165) is 82.1 Å². The zero-order valence-electron chi connectivity index (χ0n) is 45.2. The summed E-state index contributed by atoms with van der Waals surface area (Å²) in [7, 11) is 4.20. The fourth-order valence-electron chi connectivity index (χ4n) is 9.67. The van der Waals surface area contributed by atoms with Crippen LogP contribution in [0.1, 0.15) is 58.1 Å². The second kappa shape index (κ2) is 31.3. The number of benzene rings is 4. The summed E-state index contributed by atoms with van der Waals surface area (Å²) >= 11 is 26.1. The van der Waals surface area contributed by atoms with Crippen LogP contribution in [-0.4, -0.2) is 161 Å². The number of aromatic nitrogens is 4. The highest BCUT2D eigenvalue weighted by Crippen LogP contribution is 2.41. The molecule has 0 fully saturated rings. The Labute approximate surface area is 488 Å². The summed E-state index contributed by atoms with van der Waals surface area (Å²) in [5, 5.41) is 20.4. The molecule has 6 N–H and O–H groups in total. The lowest BCUT2D eigenvalue weighted by atomic mass is 9.84. The van der Waals surface area contributed by atoms with Crippen LogP contribution in [0.4, 0.5) is 21.2 Å². The lowest BCUT2D eigenvalue weighted by Gasteiger charge is -2.33. The number of anilines is 2. The van der Waals surface area contributed by atoms with Crippen molar-refractivity contribution in [1.82, 2.24) is 51.0 Å². The van der Waals surface area contributed by atoms with Crippen LogP contribution in [0, 0.1) is 0 Å². The molecule has 0 spiro atoms. The number of carbonyl (C=O) groups excluding carboxylic acids is 2. The average Bonchev–Trinajstić information content (AvgIpc) is 3.54. The molecule has 4 aromatic carbocycles. The predicted octanol–water partition coefficient (Wildman–Crippen LogP) is 9.34. The first kappa shape index (κ1) is 60.2. The van der Waals surface area contributed by atoms with Gasteiger partial charge in [0, 0.05) is 109 Å². The number of hydrogen-bond acceptors (Lipinski definition) is 14. The Kier molecular flexibility index (Phi) is 23.6. The van der Waals surface area contributed by atoms with Crippen LogP contribution in [-0.2, 0) is 32.0 Å². The first-order valence-electron chi connectivity index (χ1n) is 27.0. The first-order chi connectivity index (χ1) is 39.0. The summed E-state index contributed by atoms with van der Waals surface area (Å²) in [5.41, 5.74) is 10.3. The maximum atomic E-state index is 12.2. The number of halogens is 4. The SMILES string of the molecule is CN1Cc2c(Cl)cc(Cl)cc2[C@H](c2cccc(-c3cncc(NCCOCCOCCNC(=O)NCCCCNC(=O)NCCOCCOCCNc4cncc(-c5cccc([C@@H]6CN(C)Cc7c(Cl)cc(Cl)cc76)c5)n4)n3)c2)C1. The molecule has 22 heteroatoms. The minimum atomic E-state index is -0.273. The van der Waals surface area contributed by atoms with E-state index in [1.165, 1.54) is 0 Å². The van der Waals surface area contributed by atoms with E-state index in [1.54, 1.807) is 24.8 Å². The van der Waals surface area contributed by atoms with Gasteiger partial charge < -0.3 is 60.6 Å². The molecule has 0 saturated carbocycles. The highest BCUT2D eigenvalue weighted by molar-refractivity contribution is 6.35. The number of ether oxygens (including phenoxy) is 4. The van der Waals surface area contributed by atoms with Gasteiger partial charge in [-0.2, -0.15) is 0 Å². The Morgan fingerprint density at radius 3 is 1.34 bits per heavy atom. The van der Waals surface area contributed by atoms with Crippen molar-refractivity contribution >= 4 is 70.1 Å². The van der Waals surface area contributed by atoms with E-state index in [4.69, 9.17) is 75.3 Å². The van der Waals surface area contributed by atoms with Gasteiger partial charge in [0.05, 0.1) is 89.0 Å². The van der Waals surface area contributed by atoms with Gasteiger partial charge in [-0.05, 0) is 96.7 Å². The number of amides is 4. The molecule has 0 bridgehead atoms. The molecular weight excluding hydrogens is 1100 g/mol. The number of likely N-dealkylation sites (N-methyl/N-ethyl adjacent to an activating group) is 2. The smallest absolute Gasteiger partial charge is 0.314 e. The second-order valence-corrected chi connectivity index (χ2v) is 21.3. The van der Waals surface area contributed by atoms with Crippen molar-refractivity contribution in [3.63, 3.8) is 0 Å². The molecule has 4 heterocycles. The summed E-state index contributed by atoms with van der Waals surface area (Å²) < 4.78 is 22.6. The third-order valence-electron chi connectivity index (χ3n) is 13.5. The number of rotatable bonds is 29. The lowest BCUT2D eigenvalue weighted by Crippen LogP contribution is -2.39. The van der Waals surface area contributed by atoms with Crippen LogP contribution in [0.3, 0.4) is 0 Å². The molecule has 426 valence electrons. The molecule has 80 heavy (non-hydrogen) atoms. The average molecular weight is 1170 g/mol. The molecule has 0 unspecified atom stereocenters. The molecule has 2 atom stereocenters. The summed E-state index contributed by atoms with van der Waals surface area (Å²) in [6.45, 7) is 9.27. The monoisotopic (exact) mass is 1170 g/mol. The zero-order valence-corrected chi connectivity index (χ0v) is 48.2. The minimum Gasteiger partial charge on any atom is -0.377 e. The standard InChI is InChI=1S/C58H70Cl4N12O6/c1-73-35-47(45-27-43(59)29-51(61)49(45)37-73)39-7-5-9-41(25-39)53-31-63-33-55(71-53)65-13-17-77-21-23-79-19-15-69-57(75)67-11-3-4-12-68-58(76)70-16-20-80-24-22-78-18-14-66-56-34-64-32-54(72-56)42-10-6-8-40(26-42)48-36-74(2)38-50-46(48)28-44(60)30-52(50)62/h5-10,25-34,47-48H,3-4,11-24,35-38H2,1-2H3,(H,65,71)(H,66,72)(H2,67,69,75)(H2,68,70,76)/t47-,48-/m0/s1. The van der Waals surface area contributed by atoms with Crippen LogP contribution in [0.25, 0.3) is 22.5 Å². The Bertz CT molecular complexity index is 2790. The largest absolute Gasteiger partial charge is 0.377 e. The van der Waals surface area contributed by atoms with E-state index in [2.05, 4.69) is 90.0 Å². The fourth-order valence-corrected chi connectivity index (χ4v) is 10.8. The number of unbranched alkanes of at least 4 members (excludes halogenated alkanes) is 1. The van der Waals surface area contributed by atoms with Crippen molar-refractivity contribution in [2.45, 2.75) is 37.8 Å². The van der Waals surface area contributed by atoms with Gasteiger partial charge >= 0.3 is 12.1 Å². The molecule has 0 aliphatic carbocycles. The van der Waals surface area contributed by atoms with Gasteiger partial charge in [0.1, 0.15) is 11.6 Å². The topological polar surface area (TPSA) is 201 Å². The molecule has 8 rings (SSSR count). The number of nitrogens with zero attached hydrogens (tertiary/aromatic N) is 6. The Balaban J connectivity index is 0.583. The molecule has 4 amide bonds. The van der Waals surface area contributed by atoms with Crippen LogP contribution >= 0.6 is 46.4 Å². The number of fused-ring (bicyclic) bond motifs is 2. The van der Waals surface area contributed by atoms with Gasteiger partial charge in [0.15, 0.2) is 0 Å². The van der Waals surface area contributed by atoms with Gasteiger partial charge in [-0.15, -0.1) is 0 Å². The zero-order chi connectivity index (χ0) is 56.1. The van der Waals surface area contributed by atoms with E-state index in [-0.39, 0.29) is 23.9 Å². The van der Waals surface area contributed by atoms with Crippen molar-refractivity contribution < 1.29 is 28.5 Å². The number of hydrogen-bond donors (Lipinski definition) is 6. The van der Waals surface area contributed by atoms with Crippen molar-refractivity contribution in [2.75, 3.05) is 130 Å². The Hall–Kier alpha value is -5.90. The van der Waals surface area contributed by atoms with E-state index >= 15 is 0 Å². The van der Waals surface area contributed by atoms with E-state index in [9.17, 15) is 9.59 Å². The Morgan fingerprint density at radius 2 is 0.912 bits per heavy atom. The van der Waals surface area contributed by atoms with Crippen LogP contribution < -0.4 is 31.9 Å². The fraction of sp³-hybridized carbons (Fsp3) is 0.414. The Morgan fingerprint density at radius 1 is 0.512 bits per heavy atom. The molecular formula is C58H70Cl4N12O6. The number of carbonyl (C=O) groups is 2. The molecule has 6 aromatic rings. The van der Waals surface area contributed by atoms with Gasteiger partial charge in [-0.25, -0.2) is 19.6 Å². The maximum Gasteiger partial charge on any atom is 0.314 e. The summed E-state index contributed by atoms with van der Waals surface area (Å²) in [6, 6.07) is 23.9. The van der Waals surface area contributed by atoms with Crippen LogP contribution in [0.5, 0.6) is 0 Å². The minimum absolute atomic E-state index is 0.121. The summed E-state index contributed by atoms with van der Waals surface area (Å²) in [6.07, 6.45) is 8.33. The van der Waals surface area contributed by atoms with Crippen LogP contribution in [0.15, 0.2) is 97.6 Å². The van der Waals surface area contributed by atoms with Crippen molar-refractivity contribution in [3.05, 3.63) is 151 Å². The molecule has 18 nitrogen and oxygen atoms in total. The van der Waals surface area contributed by atoms with Gasteiger partial charge in [0.2, 0.25) is 0 Å². The van der Waals surface area contributed by atoms with Crippen molar-refractivity contribution in [2.24, 2.45) is 0 Å². The van der Waals surface area contributed by atoms with Gasteiger partial charge in [-0.3, -0.25) is 9.97 Å². The molecule has 0 saturated heterocycles. The second-order valence-electron chi connectivity index (χ2n) is 19.6. The quantitative estimate of drug-likeness (QED) is 0.0243. The van der Waals surface area contributed by atoms with Gasteiger partial charge in [-0.1, -0.05) is 82.8 Å². The normalized spacial score (nSPS) is 15.2. The third kappa shape index (κ3) is 18.3. The highest BCUT2D eigenvalue weighted by Gasteiger charge is 2.29. The molecule has 2 aliphatic rings. The first-order valence-corrected chi connectivity index (χ1v) is 28.5. The van der Waals surface area contributed by atoms with Crippen LogP contribution in [0.2, 0.25) is 20.1 Å². The lowest BCUT2D eigenvalue weighted by molar-refractivity contribution is 0.0533. The third-order valence-corrected chi connectivity index (χ3v) is 14.6. The van der Waals surface area contributed by atoms with E-state index in [0.29, 0.717) is 137 Å². The van der Waals surface area contributed by atoms with Crippen molar-refractivity contribution in [3.8, 4) is 22.5 Å². The molecule has 2 aromatic heterocycles. The van der Waals surface area contributed by atoms with Gasteiger partial charge in [0.25, 0.3) is 0 Å². The summed E-state index contributed by atoms with van der Waals surface area (Å²) in [5.74, 6) is 1.55.